The van der Waals surface area contributed by atoms with Crippen molar-refractivity contribution in [1.82, 2.24) is 30.3 Å². The molecule has 0 radical (unpaired) electrons. The number of ether oxygens (including phenoxy) is 2. The van der Waals surface area contributed by atoms with E-state index in [1.54, 1.807) is 40.2 Å². The van der Waals surface area contributed by atoms with Crippen LogP contribution in [0.15, 0.2) is 48.9 Å². The number of hydrogen-bond donors (Lipinski definition) is 3. The average molecular weight is 520 g/mol. The standard InChI is InChI=1S/C27H33N7O4/c1-33-15-20(14-31-33)19-11-24(25(28)30-13-19)26(35)32-21-7-10-34(16-21)27(36)38-23-4-2-3-22(12-23)37-17-18-5-8-29-9-6-18/h2-4,11-15,18,21,29H,5-10,16-17H2,1H3,(H2,28,30)(H,32,35)/t21-/m1/s1. The number of likely N-dealkylation sites (tertiary alicyclic amines) is 1. The van der Waals surface area contributed by atoms with Crippen molar-refractivity contribution in [3.8, 4) is 22.6 Å². The number of amides is 2. The zero-order valence-corrected chi connectivity index (χ0v) is 21.4. The molecule has 1 atom stereocenters. The van der Waals surface area contributed by atoms with Crippen LogP contribution in [0.5, 0.6) is 11.5 Å². The van der Waals surface area contributed by atoms with Gasteiger partial charge in [-0.05, 0) is 56.5 Å². The zero-order chi connectivity index (χ0) is 26.5. The van der Waals surface area contributed by atoms with E-state index in [-0.39, 0.29) is 23.3 Å². The summed E-state index contributed by atoms with van der Waals surface area (Å²) < 4.78 is 13.2. The Labute approximate surface area is 221 Å². The molecule has 2 amide bonds. The number of nitrogens with two attached hydrogens (primary N) is 1. The topological polar surface area (TPSA) is 137 Å². The molecular weight excluding hydrogens is 486 g/mol. The van der Waals surface area contributed by atoms with E-state index in [9.17, 15) is 9.59 Å². The van der Waals surface area contributed by atoms with Crippen LogP contribution in [0.2, 0.25) is 0 Å². The van der Waals surface area contributed by atoms with E-state index in [2.05, 4.69) is 20.7 Å². The molecule has 1 aromatic carbocycles. The molecule has 0 aliphatic carbocycles. The van der Waals surface area contributed by atoms with Crippen LogP contribution in [0.3, 0.4) is 0 Å². The number of aromatic nitrogens is 3. The molecule has 2 aliphatic rings. The Morgan fingerprint density at radius 3 is 2.74 bits per heavy atom. The lowest BCUT2D eigenvalue weighted by Gasteiger charge is -2.22. The summed E-state index contributed by atoms with van der Waals surface area (Å²) in [6.07, 6.45) is 7.50. The van der Waals surface area contributed by atoms with Gasteiger partial charge in [0, 0.05) is 55.8 Å². The molecule has 4 N–H and O–H groups in total. The maximum atomic E-state index is 13.0. The Kier molecular flexibility index (Phi) is 7.73. The molecule has 11 nitrogen and oxygen atoms in total. The molecule has 0 saturated carbocycles. The minimum atomic E-state index is -0.461. The van der Waals surface area contributed by atoms with E-state index in [1.165, 1.54) is 0 Å². The molecule has 0 unspecified atom stereocenters. The average Bonchev–Trinajstić information content (AvgIpc) is 3.58. The Morgan fingerprint density at radius 2 is 1.95 bits per heavy atom. The number of pyridine rings is 1. The minimum Gasteiger partial charge on any atom is -0.493 e. The van der Waals surface area contributed by atoms with E-state index < -0.39 is 6.09 Å². The van der Waals surface area contributed by atoms with E-state index in [1.807, 2.05) is 25.4 Å². The third kappa shape index (κ3) is 6.23. The molecular formula is C27H33N7O4. The summed E-state index contributed by atoms with van der Waals surface area (Å²) >= 11 is 0. The number of nitrogens with zero attached hydrogens (tertiary/aromatic N) is 4. The number of rotatable bonds is 7. The number of benzene rings is 1. The molecule has 0 bridgehead atoms. The van der Waals surface area contributed by atoms with Crippen LogP contribution in [0, 0.1) is 5.92 Å². The fraction of sp³-hybridized carbons (Fsp3) is 0.407. The summed E-state index contributed by atoms with van der Waals surface area (Å²) in [6.45, 7) is 3.50. The first-order valence-corrected chi connectivity index (χ1v) is 12.9. The lowest BCUT2D eigenvalue weighted by Crippen LogP contribution is -2.39. The van der Waals surface area contributed by atoms with Crippen LogP contribution in [0.1, 0.15) is 29.6 Å². The van der Waals surface area contributed by atoms with Gasteiger partial charge in [0.15, 0.2) is 0 Å². The van der Waals surface area contributed by atoms with Crippen LogP contribution in [-0.4, -0.2) is 70.5 Å². The summed E-state index contributed by atoms with van der Waals surface area (Å²) in [5, 5.41) is 10.5. The lowest BCUT2D eigenvalue weighted by molar-refractivity contribution is 0.0937. The van der Waals surface area contributed by atoms with E-state index >= 15 is 0 Å². The smallest absolute Gasteiger partial charge is 0.415 e. The lowest BCUT2D eigenvalue weighted by atomic mass is 9.99. The first kappa shape index (κ1) is 25.5. The van der Waals surface area contributed by atoms with Gasteiger partial charge in [0.25, 0.3) is 5.91 Å². The highest BCUT2D eigenvalue weighted by Gasteiger charge is 2.29. The summed E-state index contributed by atoms with van der Waals surface area (Å²) in [5.74, 6) is 1.45. The first-order valence-electron chi connectivity index (χ1n) is 12.9. The van der Waals surface area contributed by atoms with Crippen LogP contribution in [-0.2, 0) is 7.05 Å². The highest BCUT2D eigenvalue weighted by atomic mass is 16.6. The van der Waals surface area contributed by atoms with E-state index in [0.29, 0.717) is 43.5 Å². The van der Waals surface area contributed by atoms with Crippen molar-refractivity contribution in [2.75, 3.05) is 38.5 Å². The molecule has 3 aromatic rings. The Bertz CT molecular complexity index is 1290. The molecule has 2 saturated heterocycles. The predicted molar refractivity (Wildman–Crippen MR) is 142 cm³/mol. The monoisotopic (exact) mass is 519 g/mol. The van der Waals surface area contributed by atoms with Crippen molar-refractivity contribution in [2.24, 2.45) is 13.0 Å². The van der Waals surface area contributed by atoms with Crippen LogP contribution in [0.4, 0.5) is 10.6 Å². The van der Waals surface area contributed by atoms with Gasteiger partial charge in [0.1, 0.15) is 17.3 Å². The maximum absolute atomic E-state index is 13.0. The number of nitrogens with one attached hydrogen (secondary N) is 2. The van der Waals surface area contributed by atoms with Gasteiger partial charge >= 0.3 is 6.09 Å². The highest BCUT2D eigenvalue weighted by molar-refractivity contribution is 5.99. The molecule has 4 heterocycles. The van der Waals surface area contributed by atoms with Gasteiger partial charge in [-0.1, -0.05) is 6.07 Å². The Morgan fingerprint density at radius 1 is 1.13 bits per heavy atom. The van der Waals surface area contributed by atoms with Gasteiger partial charge in [0.05, 0.1) is 18.4 Å². The van der Waals surface area contributed by atoms with Gasteiger partial charge in [-0.2, -0.15) is 5.10 Å². The summed E-state index contributed by atoms with van der Waals surface area (Å²) in [7, 11) is 1.82. The normalized spacial score (nSPS) is 17.8. The van der Waals surface area contributed by atoms with Crippen molar-refractivity contribution < 1.29 is 19.1 Å². The van der Waals surface area contributed by atoms with Gasteiger partial charge < -0.3 is 30.7 Å². The number of hydrogen-bond acceptors (Lipinski definition) is 8. The van der Waals surface area contributed by atoms with Crippen molar-refractivity contribution in [1.29, 1.82) is 0 Å². The molecule has 11 heteroatoms. The van der Waals surface area contributed by atoms with Crippen molar-refractivity contribution in [3.05, 3.63) is 54.5 Å². The first-order chi connectivity index (χ1) is 18.4. The summed E-state index contributed by atoms with van der Waals surface area (Å²) in [6, 6.07) is 8.62. The quantitative estimate of drug-likeness (QED) is 0.433. The van der Waals surface area contributed by atoms with Crippen molar-refractivity contribution in [3.63, 3.8) is 0 Å². The Hall–Kier alpha value is -4.12. The molecule has 2 aliphatic heterocycles. The summed E-state index contributed by atoms with van der Waals surface area (Å²) in [5.41, 5.74) is 7.86. The number of carbonyl (C=O) groups is 2. The minimum absolute atomic E-state index is 0.145. The van der Waals surface area contributed by atoms with Gasteiger partial charge in [0.2, 0.25) is 0 Å². The third-order valence-electron chi connectivity index (χ3n) is 6.94. The number of aryl methyl sites for hydroxylation is 1. The Balaban J connectivity index is 1.14. The fourth-order valence-corrected chi connectivity index (χ4v) is 4.75. The van der Waals surface area contributed by atoms with Gasteiger partial charge in [-0.25, -0.2) is 9.78 Å². The van der Waals surface area contributed by atoms with Crippen LogP contribution < -0.4 is 25.8 Å². The summed E-state index contributed by atoms with van der Waals surface area (Å²) in [4.78, 5) is 31.5. The number of nitrogen functional groups attached to an aromatic ring is 1. The number of anilines is 1. The van der Waals surface area contributed by atoms with Crippen LogP contribution in [0.25, 0.3) is 11.1 Å². The van der Waals surface area contributed by atoms with E-state index in [0.717, 1.165) is 37.1 Å². The largest absolute Gasteiger partial charge is 0.493 e. The maximum Gasteiger partial charge on any atom is 0.415 e. The third-order valence-corrected chi connectivity index (χ3v) is 6.94. The molecule has 38 heavy (non-hydrogen) atoms. The predicted octanol–water partition coefficient (Wildman–Crippen LogP) is 2.45. The van der Waals surface area contributed by atoms with Gasteiger partial charge in [-0.15, -0.1) is 0 Å². The van der Waals surface area contributed by atoms with Crippen molar-refractivity contribution in [2.45, 2.75) is 25.3 Å². The second kappa shape index (κ2) is 11.5. The molecule has 0 spiro atoms. The second-order valence-electron chi connectivity index (χ2n) is 9.81. The highest BCUT2D eigenvalue weighted by Crippen LogP contribution is 2.24. The van der Waals surface area contributed by atoms with E-state index in [4.69, 9.17) is 15.2 Å². The van der Waals surface area contributed by atoms with Crippen LogP contribution >= 0.6 is 0 Å². The van der Waals surface area contributed by atoms with Crippen molar-refractivity contribution >= 4 is 17.8 Å². The number of piperidine rings is 1. The molecule has 5 rings (SSSR count). The second-order valence-corrected chi connectivity index (χ2v) is 9.81. The molecule has 2 aromatic heterocycles. The fourth-order valence-electron chi connectivity index (χ4n) is 4.75. The number of carbonyl (C=O) groups excluding carboxylic acids is 2. The zero-order valence-electron chi connectivity index (χ0n) is 21.4. The molecule has 200 valence electrons. The van der Waals surface area contributed by atoms with Gasteiger partial charge in [-0.3, -0.25) is 9.48 Å². The SMILES string of the molecule is Cn1cc(-c2cnc(N)c(C(=O)N[C@@H]3CCN(C(=O)Oc4cccc(OCC5CCNCC5)c4)C3)c2)cn1. The molecule has 2 fully saturated rings.